The van der Waals surface area contributed by atoms with Crippen LogP contribution in [0.3, 0.4) is 0 Å². The van der Waals surface area contributed by atoms with Crippen molar-refractivity contribution >= 4 is 90.0 Å². The highest BCUT2D eigenvalue weighted by Gasteiger charge is 2.25. The summed E-state index contributed by atoms with van der Waals surface area (Å²) < 4.78 is 0. The summed E-state index contributed by atoms with van der Waals surface area (Å²) in [6.45, 7) is 0. The second-order valence-electron chi connectivity index (χ2n) is 6.98. The van der Waals surface area contributed by atoms with E-state index in [1.165, 1.54) is 22.7 Å². The van der Waals surface area contributed by atoms with Crippen molar-refractivity contribution in [1.29, 1.82) is 5.26 Å². The predicted molar refractivity (Wildman–Crippen MR) is 142 cm³/mol. The highest BCUT2D eigenvalue weighted by atomic mass is 35.5. The van der Waals surface area contributed by atoms with Gasteiger partial charge in [0.15, 0.2) is 5.13 Å². The van der Waals surface area contributed by atoms with E-state index in [4.69, 9.17) is 34.7 Å². The van der Waals surface area contributed by atoms with E-state index in [0.29, 0.717) is 42.2 Å². The van der Waals surface area contributed by atoms with E-state index >= 15 is 0 Å². The largest absolute Gasteiger partial charge is 0.397 e. The zero-order valence-corrected chi connectivity index (χ0v) is 20.9. The Labute approximate surface area is 215 Å². The van der Waals surface area contributed by atoms with Crippen molar-refractivity contribution in [1.82, 2.24) is 9.97 Å². The summed E-state index contributed by atoms with van der Waals surface area (Å²) in [5, 5.41) is 18.1. The summed E-state index contributed by atoms with van der Waals surface area (Å²) >= 11 is 16.1. The van der Waals surface area contributed by atoms with Crippen LogP contribution in [0, 0.1) is 11.3 Å². The Morgan fingerprint density at radius 2 is 1.97 bits per heavy atom. The third-order valence-corrected chi connectivity index (χ3v) is 8.21. The van der Waals surface area contributed by atoms with Crippen LogP contribution in [0.1, 0.15) is 15.2 Å². The molecule has 0 aliphatic rings. The molecule has 0 saturated heterocycles. The summed E-state index contributed by atoms with van der Waals surface area (Å²) in [6.07, 6.45) is 0. The second kappa shape index (κ2) is 8.87. The van der Waals surface area contributed by atoms with Crippen LogP contribution in [0.4, 0.5) is 16.6 Å². The normalized spacial score (nSPS) is 11.0. The number of hydrogen-bond acceptors (Lipinski definition) is 9. The zero-order chi connectivity index (χ0) is 24.0. The molecule has 34 heavy (non-hydrogen) atoms. The molecule has 5 rings (SSSR count). The topological polar surface area (TPSA) is 131 Å². The molecule has 0 unspecified atom stereocenters. The van der Waals surface area contributed by atoms with Gasteiger partial charge in [-0.3, -0.25) is 10.1 Å². The zero-order valence-electron chi connectivity index (χ0n) is 16.9. The summed E-state index contributed by atoms with van der Waals surface area (Å²) in [5.74, 6) is -0.339. The summed E-state index contributed by atoms with van der Waals surface area (Å²) in [4.78, 5) is 23.5. The van der Waals surface area contributed by atoms with E-state index < -0.39 is 5.91 Å². The van der Waals surface area contributed by atoms with E-state index in [-0.39, 0.29) is 21.9 Å². The van der Waals surface area contributed by atoms with Crippen molar-refractivity contribution in [2.24, 2.45) is 0 Å². The fraction of sp³-hybridized carbons (Fsp3) is 0. The standard InChI is InChI=1S/C22H12Cl2N6OS3/c23-9-3-4-10(12(24)6-9)13-8-33-22(28-13)30-20(31)18-17(26)16-15(14-2-1-5-32-14)11(7-25)19(27)29-21(16)34-18/h1-6,8H,26H2,(H2,27,29)(H,28,30,31). The first-order valence-electron chi connectivity index (χ1n) is 9.55. The SMILES string of the molecule is N#Cc1c(N)nc2sc(C(=O)Nc3nc(-c4ccc(Cl)cc4Cl)cs3)c(N)c2c1-c1cccs1. The first-order chi connectivity index (χ1) is 16.4. The lowest BCUT2D eigenvalue weighted by molar-refractivity contribution is 0.103. The highest BCUT2D eigenvalue weighted by Crippen LogP contribution is 2.44. The Kier molecular flexibility index (Phi) is 5.89. The van der Waals surface area contributed by atoms with Crippen molar-refractivity contribution in [2.75, 3.05) is 16.8 Å². The van der Waals surface area contributed by atoms with Crippen LogP contribution in [0.25, 0.3) is 31.9 Å². The van der Waals surface area contributed by atoms with E-state index in [1.54, 1.807) is 23.6 Å². The van der Waals surface area contributed by atoms with Crippen LogP contribution in [0.2, 0.25) is 10.0 Å². The van der Waals surface area contributed by atoms with Gasteiger partial charge in [0, 0.05) is 31.8 Å². The molecule has 5 aromatic rings. The van der Waals surface area contributed by atoms with Crippen LogP contribution in [-0.4, -0.2) is 15.9 Å². The van der Waals surface area contributed by atoms with Gasteiger partial charge < -0.3 is 11.5 Å². The van der Waals surface area contributed by atoms with Crippen LogP contribution >= 0.6 is 57.2 Å². The molecule has 4 heterocycles. The van der Waals surface area contributed by atoms with Gasteiger partial charge in [0.25, 0.3) is 5.91 Å². The predicted octanol–water partition coefficient (Wildman–Crippen LogP) is 6.74. The summed E-state index contributed by atoms with van der Waals surface area (Å²) in [6, 6.07) is 11.0. The maximum absolute atomic E-state index is 13.1. The van der Waals surface area contributed by atoms with Crippen LogP contribution in [0.15, 0.2) is 41.1 Å². The molecule has 0 aliphatic carbocycles. The molecule has 0 saturated carbocycles. The third kappa shape index (κ3) is 3.87. The number of rotatable bonds is 4. The van der Waals surface area contributed by atoms with E-state index in [2.05, 4.69) is 21.4 Å². The number of halogens is 2. The molecule has 0 fully saturated rings. The van der Waals surface area contributed by atoms with Gasteiger partial charge in [0.1, 0.15) is 27.2 Å². The molecule has 5 N–H and O–H groups in total. The lowest BCUT2D eigenvalue weighted by Crippen LogP contribution is -2.11. The number of thiophene rings is 2. The first-order valence-corrected chi connectivity index (χ1v) is 12.9. The fourth-order valence-electron chi connectivity index (χ4n) is 3.43. The van der Waals surface area contributed by atoms with E-state index in [9.17, 15) is 10.1 Å². The number of nitrogens with zero attached hydrogens (tertiary/aromatic N) is 3. The quantitative estimate of drug-likeness (QED) is 0.230. The second-order valence-corrected chi connectivity index (χ2v) is 10.6. The lowest BCUT2D eigenvalue weighted by Gasteiger charge is -2.07. The number of carbonyl (C=O) groups excluding carboxylic acids is 1. The van der Waals surface area contributed by atoms with Gasteiger partial charge in [0.2, 0.25) is 0 Å². The lowest BCUT2D eigenvalue weighted by atomic mass is 10.0. The smallest absolute Gasteiger partial charge is 0.269 e. The number of pyridine rings is 1. The number of nitrogens with two attached hydrogens (primary N) is 2. The van der Waals surface area contributed by atoms with Gasteiger partial charge in [0.05, 0.1) is 16.4 Å². The van der Waals surface area contributed by atoms with Gasteiger partial charge in [-0.2, -0.15) is 5.26 Å². The molecule has 0 spiro atoms. The van der Waals surface area contributed by atoms with Crippen LogP contribution in [-0.2, 0) is 0 Å². The third-order valence-electron chi connectivity index (χ3n) is 4.92. The number of thiazole rings is 1. The van der Waals surface area contributed by atoms with Gasteiger partial charge in [-0.25, -0.2) is 9.97 Å². The first kappa shape index (κ1) is 22.6. The molecular formula is C22H12Cl2N6OS3. The number of nitriles is 1. The Hall–Kier alpha value is -3.20. The van der Waals surface area contributed by atoms with Crippen molar-refractivity contribution in [2.45, 2.75) is 0 Å². The van der Waals surface area contributed by atoms with Crippen LogP contribution < -0.4 is 16.8 Å². The number of carbonyl (C=O) groups is 1. The Morgan fingerprint density at radius 1 is 1.15 bits per heavy atom. The summed E-state index contributed by atoms with van der Waals surface area (Å²) in [7, 11) is 0. The molecular weight excluding hydrogens is 531 g/mol. The van der Waals surface area contributed by atoms with Crippen molar-refractivity contribution in [3.8, 4) is 27.8 Å². The molecule has 4 aromatic heterocycles. The molecule has 12 heteroatoms. The number of amides is 1. The minimum absolute atomic E-state index is 0.0935. The Bertz CT molecular complexity index is 1620. The van der Waals surface area contributed by atoms with E-state index in [0.717, 1.165) is 16.2 Å². The Morgan fingerprint density at radius 3 is 2.68 bits per heavy atom. The van der Waals surface area contributed by atoms with Crippen molar-refractivity contribution in [3.63, 3.8) is 0 Å². The molecule has 0 aliphatic heterocycles. The average Bonchev–Trinajstić information content (AvgIpc) is 3.54. The average molecular weight is 543 g/mol. The molecule has 1 aromatic carbocycles. The number of fused-ring (bicyclic) bond motifs is 1. The highest BCUT2D eigenvalue weighted by molar-refractivity contribution is 7.21. The number of aromatic nitrogens is 2. The molecule has 0 bridgehead atoms. The Balaban J connectivity index is 1.53. The maximum atomic E-state index is 13.1. The number of benzene rings is 1. The minimum atomic E-state index is -0.433. The number of anilines is 3. The van der Waals surface area contributed by atoms with Gasteiger partial charge in [-0.1, -0.05) is 29.3 Å². The molecule has 0 atom stereocenters. The number of nitrogen functional groups attached to an aromatic ring is 2. The molecule has 7 nitrogen and oxygen atoms in total. The van der Waals surface area contributed by atoms with Crippen molar-refractivity contribution in [3.05, 3.63) is 61.6 Å². The van der Waals surface area contributed by atoms with Gasteiger partial charge in [-0.05, 0) is 29.6 Å². The van der Waals surface area contributed by atoms with Crippen LogP contribution in [0.5, 0.6) is 0 Å². The van der Waals surface area contributed by atoms with Gasteiger partial charge >= 0.3 is 0 Å². The fourth-order valence-corrected chi connectivity index (χ4v) is 6.43. The summed E-state index contributed by atoms with van der Waals surface area (Å²) in [5.41, 5.74) is 14.8. The molecule has 0 radical (unpaired) electrons. The minimum Gasteiger partial charge on any atom is -0.397 e. The molecule has 1 amide bonds. The number of hydrogen-bond donors (Lipinski definition) is 3. The molecule has 168 valence electrons. The maximum Gasteiger partial charge on any atom is 0.269 e. The van der Waals surface area contributed by atoms with E-state index in [1.807, 2.05) is 17.5 Å². The van der Waals surface area contributed by atoms with Gasteiger partial charge in [-0.15, -0.1) is 34.0 Å². The number of nitrogens with one attached hydrogen (secondary N) is 1. The van der Waals surface area contributed by atoms with Crippen molar-refractivity contribution < 1.29 is 4.79 Å². The monoisotopic (exact) mass is 542 g/mol.